The van der Waals surface area contributed by atoms with Crippen molar-refractivity contribution in [1.82, 2.24) is 15.2 Å². The average Bonchev–Trinajstić information content (AvgIpc) is 3.46. The number of nitrogens with zero attached hydrogens (tertiary/aromatic N) is 2. The number of carboxylic acid groups (broad SMARTS) is 1. The van der Waals surface area contributed by atoms with Crippen LogP contribution >= 0.6 is 23.4 Å². The molecular formula is C34H37ClF3N5O4S. The van der Waals surface area contributed by atoms with Crippen LogP contribution in [0.25, 0.3) is 10.9 Å². The van der Waals surface area contributed by atoms with Gasteiger partial charge in [0.1, 0.15) is 6.04 Å². The Hall–Kier alpha value is -4.20. The summed E-state index contributed by atoms with van der Waals surface area (Å²) in [5.41, 5.74) is 4.52. The van der Waals surface area contributed by atoms with E-state index < -0.39 is 24.2 Å². The normalized spacial score (nSPS) is 15.6. The maximum Gasteiger partial charge on any atom is 0.490 e. The quantitative estimate of drug-likeness (QED) is 0.144. The number of alkyl halides is 3. The van der Waals surface area contributed by atoms with Crippen molar-refractivity contribution in [1.29, 1.82) is 0 Å². The van der Waals surface area contributed by atoms with Gasteiger partial charge in [-0.3, -0.25) is 4.79 Å². The highest BCUT2D eigenvalue weighted by molar-refractivity contribution is 7.98. The number of halogens is 4. The molecule has 0 radical (unpaired) electrons. The van der Waals surface area contributed by atoms with Gasteiger partial charge in [-0.15, -0.1) is 11.8 Å². The third-order valence-corrected chi connectivity index (χ3v) is 8.87. The Morgan fingerprint density at radius 3 is 2.48 bits per heavy atom. The molecule has 14 heteroatoms. The fraction of sp³-hybridized carbons (Fsp3) is 0.324. The number of carbonyl (C=O) groups excluding carboxylic acids is 2. The number of aromatic amines is 1. The number of urea groups is 1. The second-order valence-corrected chi connectivity index (χ2v) is 13.1. The van der Waals surface area contributed by atoms with Crippen molar-refractivity contribution < 1.29 is 32.7 Å². The number of carbonyl (C=O) groups is 3. The van der Waals surface area contributed by atoms with E-state index in [1.54, 1.807) is 11.8 Å². The van der Waals surface area contributed by atoms with Crippen molar-refractivity contribution in [3.63, 3.8) is 0 Å². The molecule has 9 nitrogen and oxygen atoms in total. The first-order valence-corrected chi connectivity index (χ1v) is 16.6. The summed E-state index contributed by atoms with van der Waals surface area (Å²) in [4.78, 5) is 45.2. The molecule has 0 aliphatic carbocycles. The molecule has 4 aromatic rings. The molecule has 0 saturated heterocycles. The number of anilines is 2. The summed E-state index contributed by atoms with van der Waals surface area (Å²) >= 11 is 7.98. The molecule has 3 amide bonds. The van der Waals surface area contributed by atoms with E-state index in [0.29, 0.717) is 17.3 Å². The van der Waals surface area contributed by atoms with Crippen LogP contribution in [0.4, 0.5) is 29.3 Å². The predicted molar refractivity (Wildman–Crippen MR) is 184 cm³/mol. The number of aromatic nitrogens is 1. The van der Waals surface area contributed by atoms with Crippen LogP contribution in [0.2, 0.25) is 5.02 Å². The van der Waals surface area contributed by atoms with E-state index in [4.69, 9.17) is 21.5 Å². The van der Waals surface area contributed by atoms with Crippen molar-refractivity contribution in [2.75, 3.05) is 43.7 Å². The molecule has 0 bridgehead atoms. The van der Waals surface area contributed by atoms with Crippen LogP contribution in [0.3, 0.4) is 0 Å². The minimum absolute atomic E-state index is 0.150. The van der Waals surface area contributed by atoms with E-state index in [1.807, 2.05) is 105 Å². The number of thioether (sulfide) groups is 1. The lowest BCUT2D eigenvalue weighted by molar-refractivity contribution is -0.192. The van der Waals surface area contributed by atoms with Crippen LogP contribution < -0.4 is 15.5 Å². The first-order valence-electron chi connectivity index (χ1n) is 15.0. The lowest BCUT2D eigenvalue weighted by Crippen LogP contribution is -2.54. The number of nitrogens with one attached hydrogen (secondary N) is 3. The zero-order valence-corrected chi connectivity index (χ0v) is 28.3. The number of hydrogen-bond acceptors (Lipinski definition) is 5. The highest BCUT2D eigenvalue weighted by Gasteiger charge is 2.39. The standard InChI is InChI=1S/C32H36ClN5O2S.C2HF3O2/c1-20(27-17-34-28-11-6-5-10-26(27)28)30(36-32(40)35-24-8-7-9-25(16-24)41-4)31(39)38-19-21(18-37(2)3)14-22-15-23(33)12-13-29(22)38;3-2(4,5)1(6)7/h5-13,15-17,20-21,30,34H,14,18-19H2,1-4H3,(H2,35,36,40);(H,6,7)/t20?,21-,30?;/m1./s1. The Bertz CT molecular complexity index is 1770. The van der Waals surface area contributed by atoms with Crippen molar-refractivity contribution >= 4 is 63.5 Å². The third kappa shape index (κ3) is 9.24. The maximum atomic E-state index is 14.6. The van der Waals surface area contributed by atoms with E-state index >= 15 is 0 Å². The van der Waals surface area contributed by atoms with Gasteiger partial charge in [0.15, 0.2) is 0 Å². The molecule has 48 heavy (non-hydrogen) atoms. The minimum Gasteiger partial charge on any atom is -0.475 e. The Kier molecular flexibility index (Phi) is 12.1. The van der Waals surface area contributed by atoms with Crippen LogP contribution in [0.1, 0.15) is 24.0 Å². The number of hydrogen-bond donors (Lipinski definition) is 4. The molecule has 0 spiro atoms. The van der Waals surface area contributed by atoms with Crippen molar-refractivity contribution in [3.8, 4) is 0 Å². The number of amides is 3. The molecule has 2 unspecified atom stereocenters. The summed E-state index contributed by atoms with van der Waals surface area (Å²) in [6, 6.07) is 20.1. The first-order chi connectivity index (χ1) is 22.7. The lowest BCUT2D eigenvalue weighted by Gasteiger charge is -2.38. The van der Waals surface area contributed by atoms with Gasteiger partial charge in [0.2, 0.25) is 5.91 Å². The van der Waals surface area contributed by atoms with E-state index in [-0.39, 0.29) is 17.7 Å². The largest absolute Gasteiger partial charge is 0.490 e. The average molecular weight is 704 g/mol. The summed E-state index contributed by atoms with van der Waals surface area (Å²) in [6.45, 7) is 3.39. The van der Waals surface area contributed by atoms with Gasteiger partial charge in [0.25, 0.3) is 0 Å². The van der Waals surface area contributed by atoms with Gasteiger partial charge in [-0.2, -0.15) is 13.2 Å². The molecule has 3 aromatic carbocycles. The summed E-state index contributed by atoms with van der Waals surface area (Å²) in [5, 5.41) is 14.8. The number of aliphatic carboxylic acids is 1. The van der Waals surface area contributed by atoms with Crippen molar-refractivity contribution in [3.05, 3.63) is 89.1 Å². The van der Waals surface area contributed by atoms with Gasteiger partial charge in [-0.1, -0.05) is 42.8 Å². The summed E-state index contributed by atoms with van der Waals surface area (Å²) < 4.78 is 31.7. The van der Waals surface area contributed by atoms with Gasteiger partial charge in [-0.25, -0.2) is 9.59 Å². The zero-order valence-electron chi connectivity index (χ0n) is 26.8. The van der Waals surface area contributed by atoms with Crippen LogP contribution in [0.15, 0.2) is 77.8 Å². The summed E-state index contributed by atoms with van der Waals surface area (Å²) in [6.07, 6.45) is -0.319. The number of rotatable bonds is 8. The monoisotopic (exact) mass is 703 g/mol. The van der Waals surface area contributed by atoms with Crippen molar-refractivity contribution in [2.45, 2.75) is 36.4 Å². The number of para-hydroxylation sites is 1. The molecule has 1 aliphatic heterocycles. The van der Waals surface area contributed by atoms with Crippen molar-refractivity contribution in [2.24, 2.45) is 5.92 Å². The smallest absolute Gasteiger partial charge is 0.475 e. The van der Waals surface area contributed by atoms with E-state index in [9.17, 15) is 22.8 Å². The van der Waals surface area contributed by atoms with Crippen LogP contribution in [0, 0.1) is 5.92 Å². The maximum absolute atomic E-state index is 14.6. The Balaban J connectivity index is 0.000000671. The summed E-state index contributed by atoms with van der Waals surface area (Å²) in [7, 11) is 4.08. The second-order valence-electron chi connectivity index (χ2n) is 11.7. The summed E-state index contributed by atoms with van der Waals surface area (Å²) in [5.74, 6) is -2.99. The Morgan fingerprint density at radius 2 is 1.81 bits per heavy atom. The highest BCUT2D eigenvalue weighted by Crippen LogP contribution is 2.35. The zero-order chi connectivity index (χ0) is 35.2. The molecule has 1 aromatic heterocycles. The Labute approximate surface area is 285 Å². The highest BCUT2D eigenvalue weighted by atomic mass is 35.5. The number of fused-ring (bicyclic) bond motifs is 2. The van der Waals surface area contributed by atoms with Gasteiger partial charge >= 0.3 is 18.2 Å². The molecular weight excluding hydrogens is 667 g/mol. The van der Waals surface area contributed by atoms with E-state index in [2.05, 4.69) is 20.5 Å². The topological polar surface area (TPSA) is 118 Å². The van der Waals surface area contributed by atoms with E-state index in [0.717, 1.165) is 45.6 Å². The molecule has 256 valence electrons. The fourth-order valence-corrected chi connectivity index (χ4v) is 6.44. The minimum atomic E-state index is -5.08. The van der Waals surface area contributed by atoms with Gasteiger partial charge < -0.3 is 30.5 Å². The molecule has 0 fully saturated rings. The Morgan fingerprint density at radius 1 is 1.10 bits per heavy atom. The SMILES string of the molecule is CSc1cccc(NC(=O)NC(C(=O)N2C[C@@H](CN(C)C)Cc3cc(Cl)ccc32)C(C)c2c[nH]c3ccccc23)c1.O=C(O)C(F)(F)F. The fourth-order valence-electron chi connectivity index (χ4n) is 5.79. The molecule has 1 aliphatic rings. The predicted octanol–water partition coefficient (Wildman–Crippen LogP) is 7.24. The molecule has 2 heterocycles. The number of carboxylic acids is 1. The lowest BCUT2D eigenvalue weighted by atomic mass is 9.88. The third-order valence-electron chi connectivity index (χ3n) is 7.91. The molecule has 4 N–H and O–H groups in total. The van der Waals surface area contributed by atoms with Crippen LogP contribution in [-0.2, 0) is 16.0 Å². The van der Waals surface area contributed by atoms with Crippen LogP contribution in [0.5, 0.6) is 0 Å². The van der Waals surface area contributed by atoms with Gasteiger partial charge in [-0.05, 0) is 86.3 Å². The molecule has 5 rings (SSSR count). The van der Waals surface area contributed by atoms with Crippen LogP contribution in [-0.4, -0.2) is 78.6 Å². The van der Waals surface area contributed by atoms with Gasteiger partial charge in [0, 0.05) is 57.4 Å². The van der Waals surface area contributed by atoms with E-state index in [1.165, 1.54) is 0 Å². The first kappa shape index (κ1) is 36.6. The molecule has 0 saturated carbocycles. The molecule has 3 atom stereocenters. The van der Waals surface area contributed by atoms with Gasteiger partial charge in [0.05, 0.1) is 0 Å². The second kappa shape index (κ2) is 15.8. The number of benzene rings is 3. The number of H-pyrrole nitrogens is 1.